The van der Waals surface area contributed by atoms with Crippen LogP contribution in [0.15, 0.2) is 24.5 Å². The predicted octanol–water partition coefficient (Wildman–Crippen LogP) is 0.565. The number of carbonyl (C=O) groups excluding carboxylic acids is 1. The van der Waals surface area contributed by atoms with Gasteiger partial charge in [0, 0.05) is 43.0 Å². The summed E-state index contributed by atoms with van der Waals surface area (Å²) < 4.78 is 0. The summed E-state index contributed by atoms with van der Waals surface area (Å²) in [4.78, 5) is 18.4. The van der Waals surface area contributed by atoms with Crippen molar-refractivity contribution >= 4 is 17.7 Å². The maximum Gasteiger partial charge on any atom is 0.241 e. The van der Waals surface area contributed by atoms with E-state index in [-0.39, 0.29) is 18.0 Å². The lowest BCUT2D eigenvalue weighted by Gasteiger charge is -2.28. The van der Waals surface area contributed by atoms with Crippen LogP contribution in [0.3, 0.4) is 0 Å². The Balaban J connectivity index is 1.61. The molecule has 19 heavy (non-hydrogen) atoms. The van der Waals surface area contributed by atoms with E-state index in [1.165, 1.54) is 5.56 Å². The summed E-state index contributed by atoms with van der Waals surface area (Å²) >= 11 is 1.92. The van der Waals surface area contributed by atoms with Gasteiger partial charge in [0.1, 0.15) is 6.04 Å². The molecule has 0 spiro atoms. The molecular formula is C13H18N4OS. The zero-order valence-corrected chi connectivity index (χ0v) is 11.5. The Morgan fingerprint density at radius 3 is 2.74 bits per heavy atom. The number of hydrogen-bond donors (Lipinski definition) is 2. The molecule has 2 aliphatic heterocycles. The minimum absolute atomic E-state index is 0.110. The lowest BCUT2D eigenvalue weighted by molar-refractivity contribution is -0.132. The fourth-order valence-corrected chi connectivity index (χ4v) is 3.44. The van der Waals surface area contributed by atoms with Crippen LogP contribution in [0, 0.1) is 0 Å². The van der Waals surface area contributed by atoms with Crippen LogP contribution in [0.1, 0.15) is 18.0 Å². The number of nitrogens with zero attached hydrogens (tertiary/aromatic N) is 2. The highest BCUT2D eigenvalue weighted by atomic mass is 32.2. The number of hydrogen-bond acceptors (Lipinski definition) is 5. The van der Waals surface area contributed by atoms with Crippen LogP contribution in [-0.2, 0) is 4.79 Å². The van der Waals surface area contributed by atoms with Crippen molar-refractivity contribution in [2.75, 3.05) is 24.6 Å². The van der Waals surface area contributed by atoms with Gasteiger partial charge in [-0.2, -0.15) is 11.8 Å². The van der Waals surface area contributed by atoms with E-state index in [0.717, 1.165) is 31.0 Å². The normalized spacial score (nSPS) is 27.5. The molecule has 1 amide bonds. The Bertz CT molecular complexity index is 436. The number of thioether (sulfide) groups is 1. The van der Waals surface area contributed by atoms with Gasteiger partial charge < -0.3 is 4.90 Å². The summed E-state index contributed by atoms with van der Waals surface area (Å²) in [6.45, 7) is 1.75. The molecule has 2 aliphatic rings. The van der Waals surface area contributed by atoms with Gasteiger partial charge in [0.05, 0.1) is 0 Å². The Labute approximate surface area is 117 Å². The van der Waals surface area contributed by atoms with Crippen LogP contribution in [0.5, 0.6) is 0 Å². The maximum atomic E-state index is 12.4. The third-order valence-electron chi connectivity index (χ3n) is 3.63. The Morgan fingerprint density at radius 1 is 1.26 bits per heavy atom. The van der Waals surface area contributed by atoms with Gasteiger partial charge in [0.25, 0.3) is 0 Å². The number of hydrazine groups is 1. The minimum Gasteiger partial charge on any atom is -0.340 e. The first kappa shape index (κ1) is 12.9. The standard InChI is InChI=1S/C13H18N4OS/c18-13(17-5-7-19-8-6-17)12-9-11(15-16-12)10-1-3-14-4-2-10/h1-4,11-12,15-16H,5-9H2. The van der Waals surface area contributed by atoms with Gasteiger partial charge in [-0.3, -0.25) is 9.78 Å². The molecule has 2 unspecified atom stereocenters. The second-order valence-corrected chi connectivity index (χ2v) is 6.07. The van der Waals surface area contributed by atoms with Gasteiger partial charge in [-0.15, -0.1) is 0 Å². The molecule has 2 fully saturated rings. The van der Waals surface area contributed by atoms with Crippen molar-refractivity contribution in [3.05, 3.63) is 30.1 Å². The summed E-state index contributed by atoms with van der Waals surface area (Å²) in [5.41, 5.74) is 7.52. The summed E-state index contributed by atoms with van der Waals surface area (Å²) in [7, 11) is 0. The minimum atomic E-state index is -0.110. The number of carbonyl (C=O) groups is 1. The average molecular weight is 278 g/mol. The van der Waals surface area contributed by atoms with Crippen LogP contribution >= 0.6 is 11.8 Å². The number of pyridine rings is 1. The first-order chi connectivity index (χ1) is 9.34. The third-order valence-corrected chi connectivity index (χ3v) is 4.58. The van der Waals surface area contributed by atoms with Crippen LogP contribution in [-0.4, -0.2) is 46.4 Å². The molecule has 2 atom stereocenters. The molecule has 0 radical (unpaired) electrons. The van der Waals surface area contributed by atoms with Crippen molar-refractivity contribution in [2.45, 2.75) is 18.5 Å². The highest BCUT2D eigenvalue weighted by molar-refractivity contribution is 7.99. The average Bonchev–Trinajstić information content (AvgIpc) is 2.98. The van der Waals surface area contributed by atoms with E-state index in [4.69, 9.17) is 0 Å². The maximum absolute atomic E-state index is 12.4. The van der Waals surface area contributed by atoms with Crippen molar-refractivity contribution in [3.63, 3.8) is 0 Å². The predicted molar refractivity (Wildman–Crippen MR) is 75.6 cm³/mol. The Kier molecular flexibility index (Phi) is 4.00. The smallest absolute Gasteiger partial charge is 0.241 e. The van der Waals surface area contributed by atoms with Gasteiger partial charge in [-0.05, 0) is 24.1 Å². The van der Waals surface area contributed by atoms with E-state index in [2.05, 4.69) is 15.8 Å². The van der Waals surface area contributed by atoms with Crippen LogP contribution in [0.25, 0.3) is 0 Å². The van der Waals surface area contributed by atoms with Crippen LogP contribution in [0.2, 0.25) is 0 Å². The monoisotopic (exact) mass is 278 g/mol. The first-order valence-electron chi connectivity index (χ1n) is 6.62. The molecule has 1 aromatic rings. The van der Waals surface area contributed by atoms with Gasteiger partial charge in [-0.1, -0.05) is 0 Å². The Morgan fingerprint density at radius 2 is 2.00 bits per heavy atom. The number of rotatable bonds is 2. The number of nitrogens with one attached hydrogen (secondary N) is 2. The van der Waals surface area contributed by atoms with Gasteiger partial charge in [-0.25, -0.2) is 10.9 Å². The molecule has 2 saturated heterocycles. The van der Waals surface area contributed by atoms with Crippen LogP contribution in [0.4, 0.5) is 0 Å². The largest absolute Gasteiger partial charge is 0.340 e. The molecule has 102 valence electrons. The summed E-state index contributed by atoms with van der Waals surface area (Å²) in [5, 5.41) is 0. The fourth-order valence-electron chi connectivity index (χ4n) is 2.54. The second-order valence-electron chi connectivity index (χ2n) is 4.85. The molecule has 1 aromatic heterocycles. The van der Waals surface area contributed by atoms with Crippen LogP contribution < -0.4 is 10.9 Å². The van der Waals surface area contributed by atoms with E-state index in [1.807, 2.05) is 28.8 Å². The van der Waals surface area contributed by atoms with Crippen molar-refractivity contribution in [3.8, 4) is 0 Å². The third kappa shape index (κ3) is 2.91. The van der Waals surface area contributed by atoms with E-state index < -0.39 is 0 Å². The summed E-state index contributed by atoms with van der Waals surface area (Å²) in [6.07, 6.45) is 4.37. The van der Waals surface area contributed by atoms with E-state index in [0.29, 0.717) is 0 Å². The van der Waals surface area contributed by atoms with Crippen molar-refractivity contribution in [1.82, 2.24) is 20.7 Å². The molecule has 3 heterocycles. The lowest BCUT2D eigenvalue weighted by Crippen LogP contribution is -2.48. The molecule has 0 saturated carbocycles. The highest BCUT2D eigenvalue weighted by Gasteiger charge is 2.33. The first-order valence-corrected chi connectivity index (χ1v) is 7.77. The van der Waals surface area contributed by atoms with Gasteiger partial charge in [0.15, 0.2) is 0 Å². The highest BCUT2D eigenvalue weighted by Crippen LogP contribution is 2.23. The number of aromatic nitrogens is 1. The second kappa shape index (κ2) is 5.90. The Hall–Kier alpha value is -1.11. The van der Waals surface area contributed by atoms with E-state index >= 15 is 0 Å². The SMILES string of the molecule is O=C(C1CC(c2ccncc2)NN1)N1CCSCC1. The topological polar surface area (TPSA) is 57.3 Å². The fraction of sp³-hybridized carbons (Fsp3) is 0.538. The molecular weight excluding hydrogens is 260 g/mol. The van der Waals surface area contributed by atoms with E-state index in [9.17, 15) is 4.79 Å². The molecule has 5 nitrogen and oxygen atoms in total. The number of amides is 1. The molecule has 0 bridgehead atoms. The zero-order chi connectivity index (χ0) is 13.1. The van der Waals surface area contributed by atoms with E-state index in [1.54, 1.807) is 12.4 Å². The molecule has 0 aliphatic carbocycles. The van der Waals surface area contributed by atoms with Gasteiger partial charge >= 0.3 is 0 Å². The van der Waals surface area contributed by atoms with Crippen molar-refractivity contribution < 1.29 is 4.79 Å². The molecule has 3 rings (SSSR count). The molecule has 6 heteroatoms. The van der Waals surface area contributed by atoms with Gasteiger partial charge in [0.2, 0.25) is 5.91 Å². The zero-order valence-electron chi connectivity index (χ0n) is 10.7. The lowest BCUT2D eigenvalue weighted by atomic mass is 10.0. The quantitative estimate of drug-likeness (QED) is 0.828. The van der Waals surface area contributed by atoms with Crippen molar-refractivity contribution in [1.29, 1.82) is 0 Å². The summed E-state index contributed by atoms with van der Waals surface area (Å²) in [5.74, 6) is 2.34. The molecule has 2 N–H and O–H groups in total. The summed E-state index contributed by atoms with van der Waals surface area (Å²) in [6, 6.07) is 4.06. The molecule has 0 aromatic carbocycles. The van der Waals surface area contributed by atoms with Crippen molar-refractivity contribution in [2.24, 2.45) is 0 Å².